The van der Waals surface area contributed by atoms with E-state index in [2.05, 4.69) is 0 Å². The number of urea groups is 1. The molecule has 0 radical (unpaired) electrons. The summed E-state index contributed by atoms with van der Waals surface area (Å²) in [5, 5.41) is 4.09. The van der Waals surface area contributed by atoms with Crippen LogP contribution in [0.3, 0.4) is 0 Å². The zero-order chi connectivity index (χ0) is 29.4. The van der Waals surface area contributed by atoms with Crippen LogP contribution in [0.2, 0.25) is 0 Å². The van der Waals surface area contributed by atoms with Crippen molar-refractivity contribution < 1.29 is 43.0 Å². The minimum atomic E-state index is -1.20. The number of anilines is 1. The number of benzene rings is 1. The van der Waals surface area contributed by atoms with Crippen LogP contribution in [0.25, 0.3) is 11.1 Å². The molecular weight excluding hydrogens is 534 g/mol. The average molecular weight is 558 g/mol. The van der Waals surface area contributed by atoms with Crippen LogP contribution < -0.4 is 15.5 Å². The number of ether oxygens (including phenoxy) is 2. The molecule has 1 aromatic carbocycles. The number of imide groups is 3. The van der Waals surface area contributed by atoms with Crippen LogP contribution >= 0.6 is 0 Å². The Kier molecular flexibility index (Phi) is 7.06. The largest absolute Gasteiger partial charge is 0.462 e. The fourth-order valence-corrected chi connectivity index (χ4v) is 4.97. The van der Waals surface area contributed by atoms with Gasteiger partial charge in [-0.15, -0.1) is 0 Å². The molecule has 208 valence electrons. The van der Waals surface area contributed by atoms with E-state index >= 15 is 0 Å². The van der Waals surface area contributed by atoms with E-state index in [1.54, 1.807) is 26.0 Å². The molecular formula is C29H23N3O9. The second-order valence-electron chi connectivity index (χ2n) is 9.16. The highest BCUT2D eigenvalue weighted by atomic mass is 16.5. The third-order valence-corrected chi connectivity index (χ3v) is 6.75. The van der Waals surface area contributed by atoms with Crippen LogP contribution in [0.5, 0.6) is 0 Å². The molecule has 0 atom stereocenters. The van der Waals surface area contributed by atoms with Gasteiger partial charge in [0, 0.05) is 0 Å². The van der Waals surface area contributed by atoms with E-state index < -0.39 is 47.5 Å². The molecule has 6 amide bonds. The molecule has 2 aliphatic heterocycles. The lowest BCUT2D eigenvalue weighted by Crippen LogP contribution is -2.56. The maximum absolute atomic E-state index is 13.5. The summed E-state index contributed by atoms with van der Waals surface area (Å²) >= 11 is 0. The Labute approximate surface area is 232 Å². The van der Waals surface area contributed by atoms with Crippen LogP contribution in [0.4, 0.5) is 10.5 Å². The molecule has 1 aromatic rings. The molecule has 0 unspecified atom stereocenters. The summed E-state index contributed by atoms with van der Waals surface area (Å²) in [6.45, 7) is 3.10. The number of esters is 2. The molecule has 0 bridgehead atoms. The minimum absolute atomic E-state index is 0.0311. The summed E-state index contributed by atoms with van der Waals surface area (Å²) in [4.78, 5) is 90.5. The lowest BCUT2D eigenvalue weighted by Gasteiger charge is -2.20. The van der Waals surface area contributed by atoms with Gasteiger partial charge in [0.15, 0.2) is 0 Å². The van der Waals surface area contributed by atoms with E-state index in [4.69, 9.17) is 9.47 Å². The molecule has 0 saturated carbocycles. The third kappa shape index (κ3) is 4.58. The van der Waals surface area contributed by atoms with Crippen molar-refractivity contribution in [3.05, 3.63) is 76.3 Å². The van der Waals surface area contributed by atoms with Gasteiger partial charge in [-0.05, 0) is 49.1 Å². The smallest absolute Gasteiger partial charge is 0.340 e. The number of carbonyl (C=O) groups excluding carboxylic acids is 7. The highest BCUT2D eigenvalue weighted by Gasteiger charge is 2.44. The number of rotatable bonds is 7. The van der Waals surface area contributed by atoms with E-state index in [1.165, 1.54) is 36.4 Å². The summed E-state index contributed by atoms with van der Waals surface area (Å²) < 4.78 is 10.6. The van der Waals surface area contributed by atoms with Crippen molar-refractivity contribution in [1.82, 2.24) is 10.6 Å². The number of fused-ring (bicyclic) bond motifs is 2. The Morgan fingerprint density at radius 2 is 1.17 bits per heavy atom. The lowest BCUT2D eigenvalue weighted by atomic mass is 9.97. The summed E-state index contributed by atoms with van der Waals surface area (Å²) in [5.41, 5.74) is 0.401. The number of amides is 6. The number of nitrogens with zero attached hydrogens (tertiary/aromatic N) is 1. The summed E-state index contributed by atoms with van der Waals surface area (Å²) in [7, 11) is 0. The molecule has 5 rings (SSSR count). The Morgan fingerprint density at radius 1 is 0.707 bits per heavy atom. The number of carbonyl (C=O) groups is 7. The third-order valence-electron chi connectivity index (χ3n) is 6.75. The molecule has 0 aromatic heterocycles. The van der Waals surface area contributed by atoms with Crippen LogP contribution in [0, 0.1) is 5.92 Å². The van der Waals surface area contributed by atoms with Gasteiger partial charge >= 0.3 is 18.0 Å². The highest BCUT2D eigenvalue weighted by Crippen LogP contribution is 2.45. The lowest BCUT2D eigenvalue weighted by molar-refractivity contribution is -0.135. The number of nitrogens with one attached hydrogen (secondary N) is 2. The van der Waals surface area contributed by atoms with Gasteiger partial charge in [-0.25, -0.2) is 19.3 Å². The fraction of sp³-hybridized carbons (Fsp3) is 0.207. The van der Waals surface area contributed by atoms with Crippen LogP contribution in [0.1, 0.15) is 60.8 Å². The number of barbiturate groups is 1. The molecule has 2 aliphatic carbocycles. The van der Waals surface area contributed by atoms with E-state index in [0.717, 1.165) is 4.90 Å². The molecule has 4 aliphatic rings. The van der Waals surface area contributed by atoms with E-state index in [0.29, 0.717) is 5.56 Å². The van der Waals surface area contributed by atoms with Gasteiger partial charge in [0.2, 0.25) is 11.8 Å². The van der Waals surface area contributed by atoms with Crippen molar-refractivity contribution in [3.8, 4) is 11.1 Å². The van der Waals surface area contributed by atoms with Gasteiger partial charge in [0.05, 0.1) is 41.2 Å². The number of hydrogen-bond donors (Lipinski definition) is 2. The fourth-order valence-electron chi connectivity index (χ4n) is 4.97. The first-order valence-electron chi connectivity index (χ1n) is 12.7. The topological polar surface area (TPSA) is 165 Å². The zero-order valence-corrected chi connectivity index (χ0v) is 21.9. The molecule has 0 spiro atoms. The zero-order valence-electron chi connectivity index (χ0n) is 21.9. The first kappa shape index (κ1) is 27.2. The van der Waals surface area contributed by atoms with E-state index in [9.17, 15) is 33.6 Å². The quantitative estimate of drug-likeness (QED) is 0.252. The van der Waals surface area contributed by atoms with Gasteiger partial charge in [-0.1, -0.05) is 36.4 Å². The summed E-state index contributed by atoms with van der Waals surface area (Å²) in [5.74, 6) is -5.92. The van der Waals surface area contributed by atoms with Crippen LogP contribution in [-0.2, 0) is 25.5 Å². The van der Waals surface area contributed by atoms with Crippen molar-refractivity contribution in [2.24, 2.45) is 5.92 Å². The van der Waals surface area contributed by atoms with E-state index in [1.807, 2.05) is 10.6 Å². The highest BCUT2D eigenvalue weighted by molar-refractivity contribution is 6.37. The Morgan fingerprint density at radius 3 is 1.61 bits per heavy atom. The average Bonchev–Trinajstić information content (AvgIpc) is 3.28. The molecule has 2 heterocycles. The predicted molar refractivity (Wildman–Crippen MR) is 141 cm³/mol. The normalized spacial score (nSPS) is 15.1. The SMILES string of the molecule is CCOC(=O)c1c2ccc(CC3C(=O)NC(=O)NC3=O)ccc-2c(C(=O)OCC)c1N1C(=O)c2ccccc2C1=O. The monoisotopic (exact) mass is 557 g/mol. The number of hydrogen-bond acceptors (Lipinski definition) is 9. The van der Waals surface area contributed by atoms with Gasteiger partial charge in [-0.3, -0.25) is 29.8 Å². The standard InChI is InChI=1S/C29H23N3O9/c1-3-40-27(37)20-15-11-9-14(13-19-23(33)30-29(39)31-24(19)34)10-12-16(15)21(28(38)41-4-2)22(20)32-25(35)17-7-5-6-8-18(17)26(32)36/h5-12,19H,3-4,13H2,1-2H3,(H2,30,31,33,34,39). The molecule has 1 fully saturated rings. The second-order valence-corrected chi connectivity index (χ2v) is 9.16. The van der Waals surface area contributed by atoms with Gasteiger partial charge in [0.25, 0.3) is 11.8 Å². The van der Waals surface area contributed by atoms with Crippen molar-refractivity contribution in [2.75, 3.05) is 18.1 Å². The Hall–Kier alpha value is -5.39. The summed E-state index contributed by atoms with van der Waals surface area (Å²) in [6, 6.07) is 11.2. The molecule has 1 saturated heterocycles. The molecule has 41 heavy (non-hydrogen) atoms. The molecule has 2 N–H and O–H groups in total. The van der Waals surface area contributed by atoms with Gasteiger partial charge in [0.1, 0.15) is 5.92 Å². The Balaban J connectivity index is 1.71. The van der Waals surface area contributed by atoms with Crippen molar-refractivity contribution in [3.63, 3.8) is 0 Å². The van der Waals surface area contributed by atoms with Crippen molar-refractivity contribution >= 4 is 47.3 Å². The maximum Gasteiger partial charge on any atom is 0.340 e. The predicted octanol–water partition coefficient (Wildman–Crippen LogP) is 2.47. The van der Waals surface area contributed by atoms with Crippen LogP contribution in [0.15, 0.2) is 48.5 Å². The first-order valence-corrected chi connectivity index (χ1v) is 12.7. The van der Waals surface area contributed by atoms with Crippen molar-refractivity contribution in [2.45, 2.75) is 20.3 Å². The molecule has 12 nitrogen and oxygen atoms in total. The first-order chi connectivity index (χ1) is 19.7. The minimum Gasteiger partial charge on any atom is -0.462 e. The van der Waals surface area contributed by atoms with Gasteiger partial charge < -0.3 is 9.47 Å². The maximum atomic E-state index is 13.5. The molecule has 12 heteroatoms. The Bertz CT molecular complexity index is 1530. The van der Waals surface area contributed by atoms with Crippen LogP contribution in [-0.4, -0.2) is 54.8 Å². The summed E-state index contributed by atoms with van der Waals surface area (Å²) in [6.07, 6.45) is -0.100. The van der Waals surface area contributed by atoms with E-state index in [-0.39, 0.29) is 58.7 Å². The van der Waals surface area contributed by atoms with Crippen molar-refractivity contribution in [1.29, 1.82) is 0 Å². The second kappa shape index (κ2) is 10.6. The van der Waals surface area contributed by atoms with Gasteiger partial charge in [-0.2, -0.15) is 0 Å².